The lowest BCUT2D eigenvalue weighted by Crippen LogP contribution is -2.26. The van der Waals surface area contributed by atoms with Gasteiger partial charge in [0, 0.05) is 5.56 Å². The highest BCUT2D eigenvalue weighted by Gasteiger charge is 2.32. The first kappa shape index (κ1) is 22.7. The van der Waals surface area contributed by atoms with Crippen LogP contribution in [-0.4, -0.2) is 18.4 Å². The van der Waals surface area contributed by atoms with Crippen LogP contribution in [0.25, 0.3) is 0 Å². The van der Waals surface area contributed by atoms with Crippen molar-refractivity contribution in [2.75, 3.05) is 6.61 Å². The van der Waals surface area contributed by atoms with E-state index in [2.05, 4.69) is 0 Å². The Morgan fingerprint density at radius 3 is 1.96 bits per heavy atom. The number of rotatable bonds is 6. The van der Waals surface area contributed by atoms with E-state index in [1.807, 2.05) is 65.0 Å². The molecule has 0 aliphatic carbocycles. The molecule has 0 saturated heterocycles. The van der Waals surface area contributed by atoms with E-state index < -0.39 is 11.9 Å². The summed E-state index contributed by atoms with van der Waals surface area (Å²) in [6.45, 7) is 10.1. The maximum atomic E-state index is 13.3. The molecule has 0 spiro atoms. The third kappa shape index (κ3) is 6.11. The Labute approximate surface area is 163 Å². The summed E-state index contributed by atoms with van der Waals surface area (Å²) < 4.78 is 13.6. The van der Waals surface area contributed by atoms with Gasteiger partial charge in [-0.3, -0.25) is 9.59 Å². The molecule has 0 N–H and O–H groups in total. The molecule has 0 aliphatic heterocycles. The second kappa shape index (κ2) is 10.7. The highest BCUT2D eigenvalue weighted by atomic mass is 31.0. The van der Waals surface area contributed by atoms with Crippen LogP contribution in [0.3, 0.4) is 0 Å². The lowest BCUT2D eigenvalue weighted by atomic mass is 9.86. The number of ether oxygens (including phenoxy) is 1. The standard InChI is InChI=1S/C22H26O3.H2OP/c1-14(2)13-25-22(24)20(18-9-7-6-8-10-18)21(23)19-16(4)11-15(3)12-17(19)5;1-2/h6-12,14,20H,13H2,1-5H3;2H2/q;+1. The predicted octanol–water partition coefficient (Wildman–Crippen LogP) is 4.98. The van der Waals surface area contributed by atoms with Crippen molar-refractivity contribution in [2.45, 2.75) is 40.5 Å². The summed E-state index contributed by atoms with van der Waals surface area (Å²) in [5.74, 6) is -1.39. The van der Waals surface area contributed by atoms with Gasteiger partial charge in [0.2, 0.25) is 0 Å². The molecule has 0 saturated carbocycles. The molecular weight excluding hydrogens is 359 g/mol. The molecule has 0 aliphatic rings. The molecule has 144 valence electrons. The van der Waals surface area contributed by atoms with Crippen LogP contribution in [-0.2, 0) is 14.1 Å². The fourth-order valence-electron chi connectivity index (χ4n) is 3.09. The van der Waals surface area contributed by atoms with Gasteiger partial charge in [-0.2, -0.15) is 0 Å². The molecule has 27 heavy (non-hydrogen) atoms. The lowest BCUT2D eigenvalue weighted by molar-refractivity contribution is -0.145. The van der Waals surface area contributed by atoms with E-state index >= 15 is 0 Å². The van der Waals surface area contributed by atoms with Gasteiger partial charge in [0.05, 0.1) is 6.61 Å². The van der Waals surface area contributed by atoms with Gasteiger partial charge in [-0.15, -0.1) is 0 Å². The molecule has 2 rings (SSSR count). The second-order valence-electron chi connectivity index (χ2n) is 7.01. The summed E-state index contributed by atoms with van der Waals surface area (Å²) in [6.07, 6.45) is 0. The normalized spacial score (nSPS) is 11.3. The Bertz CT molecular complexity index is 761. The molecular formula is C22H28O4P+. The molecule has 2 aromatic carbocycles. The molecule has 0 aromatic heterocycles. The average molecular weight is 387 g/mol. The van der Waals surface area contributed by atoms with Crippen LogP contribution >= 0.6 is 9.12 Å². The number of ketones is 1. The van der Waals surface area contributed by atoms with Crippen molar-refractivity contribution in [1.82, 2.24) is 0 Å². The molecule has 0 bridgehead atoms. The number of esters is 1. The molecule has 4 nitrogen and oxygen atoms in total. The number of carbonyl (C=O) groups excluding carboxylic acids is 2. The molecule has 0 heterocycles. The Morgan fingerprint density at radius 1 is 0.963 bits per heavy atom. The minimum absolute atomic E-state index is 0.199. The van der Waals surface area contributed by atoms with Crippen LogP contribution < -0.4 is 0 Å². The van der Waals surface area contributed by atoms with Crippen molar-refractivity contribution in [3.05, 3.63) is 70.3 Å². The number of aryl methyl sites for hydroxylation is 3. The smallest absolute Gasteiger partial charge is 0.321 e. The second-order valence-corrected chi connectivity index (χ2v) is 7.01. The van der Waals surface area contributed by atoms with Crippen molar-refractivity contribution in [2.24, 2.45) is 5.92 Å². The Hall–Kier alpha value is -2.32. The summed E-state index contributed by atoms with van der Waals surface area (Å²) >= 11 is 0. The van der Waals surface area contributed by atoms with Crippen molar-refractivity contribution < 1.29 is 18.9 Å². The fraction of sp³-hybridized carbons (Fsp3) is 0.364. The highest BCUT2D eigenvalue weighted by Crippen LogP contribution is 2.27. The van der Waals surface area contributed by atoms with Crippen molar-refractivity contribution in [3.8, 4) is 0 Å². The third-order valence-electron chi connectivity index (χ3n) is 4.11. The SMILES string of the molecule is Cc1cc(C)c(C(=O)C(C(=O)OCC(C)C)c2ccccc2)c(C)c1.O=[PH2+]. The topological polar surface area (TPSA) is 60.4 Å². The van der Waals surface area contributed by atoms with Crippen molar-refractivity contribution >= 4 is 20.9 Å². The summed E-state index contributed by atoms with van der Waals surface area (Å²) in [7, 11) is 1.17. The molecule has 0 fully saturated rings. The number of hydrogen-bond donors (Lipinski definition) is 0. The summed E-state index contributed by atoms with van der Waals surface area (Å²) in [5, 5.41) is 0. The lowest BCUT2D eigenvalue weighted by Gasteiger charge is -2.19. The number of Topliss-reactive ketones (excluding diaryl/α,β-unsaturated/α-hetero) is 1. The van der Waals surface area contributed by atoms with Gasteiger partial charge in [-0.25, -0.2) is 0 Å². The van der Waals surface area contributed by atoms with E-state index in [0.717, 1.165) is 16.7 Å². The van der Waals surface area contributed by atoms with E-state index in [9.17, 15) is 9.59 Å². The van der Waals surface area contributed by atoms with Gasteiger partial charge in [0.1, 0.15) is 5.92 Å². The zero-order chi connectivity index (χ0) is 20.6. The fourth-order valence-corrected chi connectivity index (χ4v) is 3.09. The van der Waals surface area contributed by atoms with Gasteiger partial charge in [-0.1, -0.05) is 66.4 Å². The summed E-state index contributed by atoms with van der Waals surface area (Å²) in [4.78, 5) is 26.0. The molecule has 0 amide bonds. The number of carbonyl (C=O) groups is 2. The maximum Gasteiger partial charge on any atom is 0.321 e. The van der Waals surface area contributed by atoms with Gasteiger partial charge >= 0.3 is 15.1 Å². The van der Waals surface area contributed by atoms with Crippen molar-refractivity contribution in [3.63, 3.8) is 0 Å². The Morgan fingerprint density at radius 2 is 1.48 bits per heavy atom. The zero-order valence-electron chi connectivity index (χ0n) is 16.6. The first-order chi connectivity index (χ1) is 12.8. The van der Waals surface area contributed by atoms with Gasteiger partial charge in [0.15, 0.2) is 5.78 Å². The molecule has 0 radical (unpaired) electrons. The highest BCUT2D eigenvalue weighted by molar-refractivity contribution is 7.00. The average Bonchev–Trinajstić information content (AvgIpc) is 2.62. The quantitative estimate of drug-likeness (QED) is 0.303. The zero-order valence-corrected chi connectivity index (χ0v) is 17.8. The van der Waals surface area contributed by atoms with Crippen LogP contribution in [0.2, 0.25) is 0 Å². The van der Waals surface area contributed by atoms with E-state index in [1.165, 1.54) is 9.12 Å². The van der Waals surface area contributed by atoms with Crippen LogP contribution in [0, 0.1) is 26.7 Å². The first-order valence-corrected chi connectivity index (χ1v) is 9.35. The number of benzene rings is 2. The van der Waals surface area contributed by atoms with E-state index in [-0.39, 0.29) is 11.7 Å². The van der Waals surface area contributed by atoms with Gasteiger partial charge < -0.3 is 4.74 Å². The monoisotopic (exact) mass is 387 g/mol. The minimum atomic E-state index is -0.931. The van der Waals surface area contributed by atoms with Gasteiger partial charge in [-0.05, 0) is 43.4 Å². The minimum Gasteiger partial charge on any atom is -0.465 e. The van der Waals surface area contributed by atoms with E-state index in [4.69, 9.17) is 9.30 Å². The molecule has 5 heteroatoms. The van der Waals surface area contributed by atoms with Crippen molar-refractivity contribution in [1.29, 1.82) is 0 Å². The van der Waals surface area contributed by atoms with Crippen LogP contribution in [0.4, 0.5) is 0 Å². The summed E-state index contributed by atoms with van der Waals surface area (Å²) in [5.41, 5.74) is 4.16. The first-order valence-electron chi connectivity index (χ1n) is 8.88. The predicted molar refractivity (Wildman–Crippen MR) is 110 cm³/mol. The Kier molecular flexibility index (Phi) is 9.04. The maximum absolute atomic E-state index is 13.3. The third-order valence-corrected chi connectivity index (χ3v) is 4.11. The summed E-state index contributed by atoms with van der Waals surface area (Å²) in [6, 6.07) is 13.1. The van der Waals surface area contributed by atoms with Crippen LogP contribution in [0.1, 0.15) is 52.4 Å². The molecule has 2 aromatic rings. The van der Waals surface area contributed by atoms with E-state index in [1.54, 1.807) is 12.1 Å². The van der Waals surface area contributed by atoms with E-state index in [0.29, 0.717) is 17.7 Å². The number of hydrogen-bond acceptors (Lipinski definition) is 4. The van der Waals surface area contributed by atoms with Crippen LogP contribution in [0.5, 0.6) is 0 Å². The van der Waals surface area contributed by atoms with Gasteiger partial charge in [0.25, 0.3) is 0 Å². The van der Waals surface area contributed by atoms with Crippen LogP contribution in [0.15, 0.2) is 42.5 Å². The molecule has 2 atom stereocenters. The largest absolute Gasteiger partial charge is 0.465 e. The Balaban J connectivity index is 0.00000176. The molecule has 2 unspecified atom stereocenters.